The summed E-state index contributed by atoms with van der Waals surface area (Å²) in [7, 11) is 0. The first kappa shape index (κ1) is 29.0. The molecule has 0 aromatic heterocycles. The van der Waals surface area contributed by atoms with Gasteiger partial charge in [-0.1, -0.05) is 107 Å². The van der Waals surface area contributed by atoms with Gasteiger partial charge in [0.15, 0.2) is 6.61 Å². The highest BCUT2D eigenvalue weighted by Crippen LogP contribution is 2.24. The number of nitrogens with zero attached hydrogens (tertiary/aromatic N) is 1. The van der Waals surface area contributed by atoms with E-state index in [-0.39, 0.29) is 23.8 Å². The first-order chi connectivity index (χ1) is 18.0. The molecule has 0 saturated heterocycles. The van der Waals surface area contributed by atoms with Gasteiger partial charge in [-0.25, -0.2) is 0 Å². The molecule has 0 aliphatic heterocycles. The van der Waals surface area contributed by atoms with Crippen LogP contribution in [0.25, 0.3) is 0 Å². The first-order valence-electron chi connectivity index (χ1n) is 13.4. The molecule has 5 nitrogen and oxygen atoms in total. The van der Waals surface area contributed by atoms with Crippen LogP contribution in [0.1, 0.15) is 56.9 Å². The van der Waals surface area contributed by atoms with Gasteiger partial charge >= 0.3 is 0 Å². The van der Waals surface area contributed by atoms with E-state index in [0.717, 1.165) is 16.7 Å². The van der Waals surface area contributed by atoms with E-state index in [9.17, 15) is 9.59 Å². The number of hydrogen-bond donors (Lipinski definition) is 1. The Hall–Kier alpha value is -3.60. The molecule has 0 saturated carbocycles. The van der Waals surface area contributed by atoms with Crippen molar-refractivity contribution in [3.63, 3.8) is 0 Å². The summed E-state index contributed by atoms with van der Waals surface area (Å²) in [5.74, 6) is 0.549. The summed E-state index contributed by atoms with van der Waals surface area (Å²) in [6.45, 7) is 13.3. The zero-order chi connectivity index (χ0) is 27.7. The van der Waals surface area contributed by atoms with E-state index in [1.807, 2.05) is 79.7 Å². The summed E-state index contributed by atoms with van der Waals surface area (Å²) in [6.07, 6.45) is 0.419. The van der Waals surface area contributed by atoms with E-state index in [4.69, 9.17) is 4.74 Å². The van der Waals surface area contributed by atoms with Crippen molar-refractivity contribution in [2.75, 3.05) is 13.2 Å². The molecule has 2 amide bonds. The Morgan fingerprint density at radius 3 is 2.16 bits per heavy atom. The van der Waals surface area contributed by atoms with Crippen molar-refractivity contribution in [2.24, 2.45) is 5.92 Å². The highest BCUT2D eigenvalue weighted by Gasteiger charge is 2.30. The second-order valence-electron chi connectivity index (χ2n) is 11.4. The van der Waals surface area contributed by atoms with Crippen LogP contribution >= 0.6 is 0 Å². The van der Waals surface area contributed by atoms with Crippen LogP contribution in [0.5, 0.6) is 5.75 Å². The maximum absolute atomic E-state index is 13.7. The molecule has 3 rings (SSSR count). The average molecular weight is 515 g/mol. The van der Waals surface area contributed by atoms with Crippen molar-refractivity contribution < 1.29 is 14.3 Å². The van der Waals surface area contributed by atoms with Gasteiger partial charge in [-0.3, -0.25) is 9.59 Å². The van der Waals surface area contributed by atoms with Crippen LogP contribution in [0.4, 0.5) is 0 Å². The maximum Gasteiger partial charge on any atom is 0.261 e. The van der Waals surface area contributed by atoms with Gasteiger partial charge < -0.3 is 15.0 Å². The maximum atomic E-state index is 13.7. The lowest BCUT2D eigenvalue weighted by molar-refractivity contribution is -0.142. The molecule has 202 valence electrons. The SMILES string of the molecule is Cc1cccc(CN(C(=O)COc2ccc(C(C)(C)C)cc2)[C@@H](Cc2ccccc2)C(=O)NCC(C)C)c1. The summed E-state index contributed by atoms with van der Waals surface area (Å²) in [5, 5.41) is 3.06. The Morgan fingerprint density at radius 1 is 0.895 bits per heavy atom. The van der Waals surface area contributed by atoms with Crippen LogP contribution in [-0.4, -0.2) is 35.9 Å². The molecule has 38 heavy (non-hydrogen) atoms. The molecule has 1 atom stereocenters. The van der Waals surface area contributed by atoms with Gasteiger partial charge in [-0.15, -0.1) is 0 Å². The second kappa shape index (κ2) is 13.3. The van der Waals surface area contributed by atoms with Crippen molar-refractivity contribution in [2.45, 2.75) is 66.0 Å². The summed E-state index contributed by atoms with van der Waals surface area (Å²) in [5.41, 5.74) is 4.31. The quantitative estimate of drug-likeness (QED) is 0.337. The molecule has 0 unspecified atom stereocenters. The van der Waals surface area contributed by atoms with E-state index in [1.54, 1.807) is 4.90 Å². The third-order valence-corrected chi connectivity index (χ3v) is 6.47. The van der Waals surface area contributed by atoms with E-state index in [1.165, 1.54) is 5.56 Å². The number of aryl methyl sites for hydroxylation is 1. The number of amides is 2. The Kier molecular flexibility index (Phi) is 10.1. The van der Waals surface area contributed by atoms with Gasteiger partial charge in [0, 0.05) is 19.5 Å². The third-order valence-electron chi connectivity index (χ3n) is 6.47. The predicted molar refractivity (Wildman–Crippen MR) is 154 cm³/mol. The number of benzene rings is 3. The minimum absolute atomic E-state index is 0.0347. The fourth-order valence-electron chi connectivity index (χ4n) is 4.26. The summed E-state index contributed by atoms with van der Waals surface area (Å²) >= 11 is 0. The van der Waals surface area contributed by atoms with Crippen LogP contribution in [0.3, 0.4) is 0 Å². The molecule has 3 aromatic carbocycles. The lowest BCUT2D eigenvalue weighted by Crippen LogP contribution is -2.52. The van der Waals surface area contributed by atoms with Crippen LogP contribution in [-0.2, 0) is 28.0 Å². The summed E-state index contributed by atoms with van der Waals surface area (Å²) in [6, 6.07) is 25.1. The number of ether oxygens (including phenoxy) is 1. The molecule has 5 heteroatoms. The van der Waals surface area contributed by atoms with Gasteiger partial charge in [0.05, 0.1) is 0 Å². The van der Waals surface area contributed by atoms with Gasteiger partial charge in [0.25, 0.3) is 5.91 Å². The van der Waals surface area contributed by atoms with Gasteiger partial charge in [0.2, 0.25) is 5.91 Å². The molecule has 1 N–H and O–H groups in total. The normalized spacial score (nSPS) is 12.2. The van der Waals surface area contributed by atoms with Gasteiger partial charge in [-0.2, -0.15) is 0 Å². The Bertz CT molecular complexity index is 1180. The van der Waals surface area contributed by atoms with E-state index >= 15 is 0 Å². The van der Waals surface area contributed by atoms with E-state index in [0.29, 0.717) is 31.2 Å². The number of hydrogen-bond acceptors (Lipinski definition) is 3. The van der Waals surface area contributed by atoms with Crippen molar-refractivity contribution in [1.29, 1.82) is 0 Å². The van der Waals surface area contributed by atoms with Gasteiger partial charge in [-0.05, 0) is 47.1 Å². The van der Waals surface area contributed by atoms with Crippen molar-refractivity contribution in [1.82, 2.24) is 10.2 Å². The monoisotopic (exact) mass is 514 g/mol. The molecule has 0 radical (unpaired) electrons. The molecule has 0 spiro atoms. The first-order valence-corrected chi connectivity index (χ1v) is 13.4. The fraction of sp³-hybridized carbons (Fsp3) is 0.394. The molecule has 0 bridgehead atoms. The van der Waals surface area contributed by atoms with Crippen LogP contribution in [0, 0.1) is 12.8 Å². The molecule has 0 fully saturated rings. The largest absolute Gasteiger partial charge is 0.484 e. The summed E-state index contributed by atoms with van der Waals surface area (Å²) < 4.78 is 5.93. The van der Waals surface area contributed by atoms with Crippen LogP contribution in [0.15, 0.2) is 78.9 Å². The topological polar surface area (TPSA) is 58.6 Å². The highest BCUT2D eigenvalue weighted by atomic mass is 16.5. The predicted octanol–water partition coefficient (Wildman–Crippen LogP) is 6.08. The molecule has 3 aromatic rings. The molecule has 0 heterocycles. The lowest BCUT2D eigenvalue weighted by atomic mass is 9.87. The third kappa shape index (κ3) is 8.76. The van der Waals surface area contributed by atoms with Crippen molar-refractivity contribution in [3.8, 4) is 5.75 Å². The van der Waals surface area contributed by atoms with Gasteiger partial charge in [0.1, 0.15) is 11.8 Å². The standard InChI is InChI=1S/C33H42N2O3/c1-24(2)21-34-32(37)30(20-26-12-8-7-9-13-26)35(22-27-14-10-11-25(3)19-27)31(36)23-38-29-17-15-28(16-18-29)33(4,5)6/h7-19,24,30H,20-23H2,1-6H3,(H,34,37)/t30-/m0/s1. The van der Waals surface area contributed by atoms with Crippen LogP contribution in [0.2, 0.25) is 0 Å². The second-order valence-corrected chi connectivity index (χ2v) is 11.4. The highest BCUT2D eigenvalue weighted by molar-refractivity contribution is 5.88. The van der Waals surface area contributed by atoms with E-state index in [2.05, 4.69) is 46.0 Å². The smallest absolute Gasteiger partial charge is 0.261 e. The number of carbonyl (C=O) groups is 2. The number of rotatable bonds is 11. The lowest BCUT2D eigenvalue weighted by Gasteiger charge is -2.32. The Balaban J connectivity index is 1.87. The van der Waals surface area contributed by atoms with Crippen molar-refractivity contribution >= 4 is 11.8 Å². The average Bonchev–Trinajstić information content (AvgIpc) is 2.88. The molecule has 0 aliphatic carbocycles. The molecular weight excluding hydrogens is 472 g/mol. The van der Waals surface area contributed by atoms with Crippen molar-refractivity contribution in [3.05, 3.63) is 101 Å². The Morgan fingerprint density at radius 2 is 1.55 bits per heavy atom. The minimum Gasteiger partial charge on any atom is -0.484 e. The zero-order valence-corrected chi connectivity index (χ0v) is 23.7. The number of carbonyl (C=O) groups excluding carboxylic acids is 2. The fourth-order valence-corrected chi connectivity index (χ4v) is 4.26. The van der Waals surface area contributed by atoms with E-state index < -0.39 is 6.04 Å². The Labute approximate surface area is 228 Å². The number of nitrogens with one attached hydrogen (secondary N) is 1. The minimum atomic E-state index is -0.670. The van der Waals surface area contributed by atoms with Crippen LogP contribution < -0.4 is 10.1 Å². The molecular formula is C33H42N2O3. The molecule has 0 aliphatic rings. The summed E-state index contributed by atoms with van der Waals surface area (Å²) in [4.78, 5) is 28.9. The zero-order valence-electron chi connectivity index (χ0n) is 23.7.